The van der Waals surface area contributed by atoms with E-state index in [1.807, 2.05) is 0 Å². The molecule has 2 saturated carbocycles. The summed E-state index contributed by atoms with van der Waals surface area (Å²) in [6.45, 7) is 12.3. The third kappa shape index (κ3) is 5.25. The van der Waals surface area contributed by atoms with Gasteiger partial charge in [0.1, 0.15) is 0 Å². The number of hydrogen-bond acceptors (Lipinski definition) is 2. The van der Waals surface area contributed by atoms with Crippen molar-refractivity contribution in [3.63, 3.8) is 0 Å². The fraction of sp³-hybridized carbons (Fsp3) is 1.00. The SMILES string of the molecule is CC(C)(C)CNC1CC(CC2CC2)CN(CC2CCC2)C1. The topological polar surface area (TPSA) is 15.3 Å². The minimum atomic E-state index is 0.405. The monoisotopic (exact) mass is 292 g/mol. The average molecular weight is 293 g/mol. The Kier molecular flexibility index (Phi) is 4.95. The van der Waals surface area contributed by atoms with Crippen molar-refractivity contribution in [1.82, 2.24) is 10.2 Å². The highest BCUT2D eigenvalue weighted by Crippen LogP contribution is 2.38. The van der Waals surface area contributed by atoms with Crippen LogP contribution in [-0.2, 0) is 0 Å². The maximum atomic E-state index is 3.88. The molecule has 0 spiro atoms. The van der Waals surface area contributed by atoms with Gasteiger partial charge in [-0.3, -0.25) is 0 Å². The van der Waals surface area contributed by atoms with Gasteiger partial charge in [-0.25, -0.2) is 0 Å². The molecule has 1 aliphatic heterocycles. The van der Waals surface area contributed by atoms with Crippen LogP contribution in [0.5, 0.6) is 0 Å². The first-order valence-electron chi connectivity index (χ1n) is 9.44. The summed E-state index contributed by atoms with van der Waals surface area (Å²) >= 11 is 0. The standard InChI is InChI=1S/C19H36N2/c1-19(2,3)14-20-18-10-17(9-15-7-8-15)12-21(13-18)11-16-5-4-6-16/h15-18,20H,4-14H2,1-3H3. The highest BCUT2D eigenvalue weighted by atomic mass is 15.2. The zero-order valence-electron chi connectivity index (χ0n) is 14.5. The van der Waals surface area contributed by atoms with Crippen molar-refractivity contribution in [2.24, 2.45) is 23.2 Å². The van der Waals surface area contributed by atoms with E-state index >= 15 is 0 Å². The molecule has 0 aromatic heterocycles. The third-order valence-electron chi connectivity index (χ3n) is 5.64. The predicted molar refractivity (Wildman–Crippen MR) is 90.5 cm³/mol. The molecule has 2 atom stereocenters. The first-order valence-corrected chi connectivity index (χ1v) is 9.44. The number of rotatable bonds is 6. The lowest BCUT2D eigenvalue weighted by atomic mass is 9.83. The van der Waals surface area contributed by atoms with Gasteiger partial charge in [0.05, 0.1) is 0 Å². The van der Waals surface area contributed by atoms with Crippen molar-refractivity contribution in [2.75, 3.05) is 26.2 Å². The molecule has 0 aromatic carbocycles. The second-order valence-corrected chi connectivity index (χ2v) is 9.43. The van der Waals surface area contributed by atoms with Gasteiger partial charge in [-0.2, -0.15) is 0 Å². The molecule has 2 aliphatic carbocycles. The number of likely N-dealkylation sites (tertiary alicyclic amines) is 1. The molecule has 0 bridgehead atoms. The van der Waals surface area contributed by atoms with Gasteiger partial charge < -0.3 is 10.2 Å². The van der Waals surface area contributed by atoms with Crippen LogP contribution in [0.4, 0.5) is 0 Å². The molecule has 3 rings (SSSR count). The highest BCUT2D eigenvalue weighted by molar-refractivity contribution is 4.89. The van der Waals surface area contributed by atoms with E-state index in [2.05, 4.69) is 31.0 Å². The fourth-order valence-corrected chi connectivity index (χ4v) is 4.09. The van der Waals surface area contributed by atoms with Crippen LogP contribution in [0.3, 0.4) is 0 Å². The van der Waals surface area contributed by atoms with Gasteiger partial charge in [0.2, 0.25) is 0 Å². The summed E-state index contributed by atoms with van der Waals surface area (Å²) in [5.74, 6) is 3.07. The third-order valence-corrected chi connectivity index (χ3v) is 5.64. The first kappa shape index (κ1) is 15.8. The van der Waals surface area contributed by atoms with Crippen LogP contribution in [0.15, 0.2) is 0 Å². The summed E-state index contributed by atoms with van der Waals surface area (Å²) in [5, 5.41) is 3.88. The smallest absolute Gasteiger partial charge is 0.0198 e. The van der Waals surface area contributed by atoms with Crippen molar-refractivity contribution in [1.29, 1.82) is 0 Å². The van der Waals surface area contributed by atoms with E-state index in [1.54, 1.807) is 0 Å². The predicted octanol–water partition coefficient (Wildman–Crippen LogP) is 3.91. The lowest BCUT2D eigenvalue weighted by Gasteiger charge is -2.42. The summed E-state index contributed by atoms with van der Waals surface area (Å²) in [4.78, 5) is 2.81. The van der Waals surface area contributed by atoms with Crippen LogP contribution in [0.2, 0.25) is 0 Å². The molecular weight excluding hydrogens is 256 g/mol. The minimum absolute atomic E-state index is 0.405. The maximum absolute atomic E-state index is 3.88. The fourth-order valence-electron chi connectivity index (χ4n) is 4.09. The van der Waals surface area contributed by atoms with E-state index in [0.717, 1.165) is 30.3 Å². The Hall–Kier alpha value is -0.0800. The van der Waals surface area contributed by atoms with Crippen molar-refractivity contribution >= 4 is 0 Å². The van der Waals surface area contributed by atoms with E-state index in [4.69, 9.17) is 0 Å². The summed E-state index contributed by atoms with van der Waals surface area (Å²) < 4.78 is 0. The van der Waals surface area contributed by atoms with Crippen molar-refractivity contribution in [3.8, 4) is 0 Å². The van der Waals surface area contributed by atoms with E-state index < -0.39 is 0 Å². The van der Waals surface area contributed by atoms with Gasteiger partial charge in [-0.05, 0) is 48.9 Å². The number of piperidine rings is 1. The molecule has 0 aromatic rings. The Morgan fingerprint density at radius 1 is 0.952 bits per heavy atom. The van der Waals surface area contributed by atoms with Crippen molar-refractivity contribution in [2.45, 2.75) is 71.8 Å². The number of nitrogens with one attached hydrogen (secondary N) is 1. The molecule has 2 heteroatoms. The van der Waals surface area contributed by atoms with Crippen molar-refractivity contribution < 1.29 is 0 Å². The average Bonchev–Trinajstić information content (AvgIpc) is 3.14. The Morgan fingerprint density at radius 3 is 2.29 bits per heavy atom. The molecular formula is C19H36N2. The van der Waals surface area contributed by atoms with Gasteiger partial charge in [-0.15, -0.1) is 0 Å². The summed E-state index contributed by atoms with van der Waals surface area (Å²) in [6, 6.07) is 0.738. The van der Waals surface area contributed by atoms with E-state index in [1.165, 1.54) is 64.6 Å². The summed E-state index contributed by atoms with van der Waals surface area (Å²) in [6.07, 6.45) is 10.4. The highest BCUT2D eigenvalue weighted by Gasteiger charge is 2.33. The first-order chi connectivity index (χ1) is 9.98. The van der Waals surface area contributed by atoms with Gasteiger partial charge in [-0.1, -0.05) is 40.0 Å². The normalized spacial score (nSPS) is 32.1. The molecule has 2 unspecified atom stereocenters. The lowest BCUT2D eigenvalue weighted by molar-refractivity contribution is 0.0935. The number of nitrogens with zero attached hydrogens (tertiary/aromatic N) is 1. The lowest BCUT2D eigenvalue weighted by Crippen LogP contribution is -2.52. The van der Waals surface area contributed by atoms with E-state index in [0.29, 0.717) is 5.41 Å². The van der Waals surface area contributed by atoms with Crippen LogP contribution < -0.4 is 5.32 Å². The van der Waals surface area contributed by atoms with Crippen LogP contribution in [-0.4, -0.2) is 37.1 Å². The van der Waals surface area contributed by atoms with Crippen LogP contribution >= 0.6 is 0 Å². The molecule has 0 radical (unpaired) electrons. The molecule has 21 heavy (non-hydrogen) atoms. The van der Waals surface area contributed by atoms with E-state index in [9.17, 15) is 0 Å². The second kappa shape index (κ2) is 6.58. The molecule has 1 N–H and O–H groups in total. The van der Waals surface area contributed by atoms with Crippen LogP contribution in [0.1, 0.15) is 65.7 Å². The number of hydrogen-bond donors (Lipinski definition) is 1. The molecule has 0 amide bonds. The van der Waals surface area contributed by atoms with Gasteiger partial charge >= 0.3 is 0 Å². The van der Waals surface area contributed by atoms with Crippen molar-refractivity contribution in [3.05, 3.63) is 0 Å². The Balaban J connectivity index is 1.50. The van der Waals surface area contributed by atoms with Crippen LogP contribution in [0.25, 0.3) is 0 Å². The van der Waals surface area contributed by atoms with Gasteiger partial charge in [0, 0.05) is 32.2 Å². The molecule has 2 nitrogen and oxygen atoms in total. The molecule has 1 heterocycles. The zero-order valence-corrected chi connectivity index (χ0v) is 14.5. The van der Waals surface area contributed by atoms with E-state index in [-0.39, 0.29) is 0 Å². The Bertz CT molecular complexity index is 325. The summed E-state index contributed by atoms with van der Waals surface area (Å²) in [7, 11) is 0. The maximum Gasteiger partial charge on any atom is 0.0198 e. The molecule has 122 valence electrons. The minimum Gasteiger partial charge on any atom is -0.312 e. The quantitative estimate of drug-likeness (QED) is 0.798. The second-order valence-electron chi connectivity index (χ2n) is 9.43. The van der Waals surface area contributed by atoms with Gasteiger partial charge in [0.15, 0.2) is 0 Å². The molecule has 3 aliphatic rings. The Labute approximate surface area is 132 Å². The van der Waals surface area contributed by atoms with Crippen LogP contribution in [0, 0.1) is 23.2 Å². The van der Waals surface area contributed by atoms with Gasteiger partial charge in [0.25, 0.3) is 0 Å². The molecule has 1 saturated heterocycles. The Morgan fingerprint density at radius 2 is 1.71 bits per heavy atom. The largest absolute Gasteiger partial charge is 0.312 e. The molecule has 3 fully saturated rings. The summed E-state index contributed by atoms with van der Waals surface area (Å²) in [5.41, 5.74) is 0.405. The zero-order chi connectivity index (χ0) is 14.9.